The zero-order valence-electron chi connectivity index (χ0n) is 19.4. The van der Waals surface area contributed by atoms with Crippen molar-refractivity contribution in [3.05, 3.63) is 0 Å². The van der Waals surface area contributed by atoms with Crippen molar-refractivity contribution in [2.75, 3.05) is 6.54 Å². The Balaban J connectivity index is 5.58. The minimum Gasteiger partial charge on any atom is -0.481 e. The SMILES string of the molecule is CC(C)C(NC(=O)C(CCC(N)=O)NC(=O)C(CCCCN)NC(=O)C(N)CC(=O)O)C(=O)O. The number of carbonyl (C=O) groups excluding carboxylic acids is 4. The van der Waals surface area contributed by atoms with Gasteiger partial charge in [-0.05, 0) is 38.1 Å². The van der Waals surface area contributed by atoms with Crippen molar-refractivity contribution in [2.45, 2.75) is 76.5 Å². The smallest absolute Gasteiger partial charge is 0.326 e. The van der Waals surface area contributed by atoms with Crippen molar-refractivity contribution in [1.29, 1.82) is 0 Å². The average molecular weight is 489 g/mol. The van der Waals surface area contributed by atoms with Crippen LogP contribution in [0.1, 0.15) is 52.4 Å². The minimum absolute atomic E-state index is 0.114. The summed E-state index contributed by atoms with van der Waals surface area (Å²) in [5, 5.41) is 25.2. The topological polar surface area (TPSA) is 257 Å². The van der Waals surface area contributed by atoms with Crippen LogP contribution < -0.4 is 33.2 Å². The second-order valence-electron chi connectivity index (χ2n) is 8.18. The number of amides is 4. The molecule has 0 saturated heterocycles. The molecule has 4 unspecified atom stereocenters. The van der Waals surface area contributed by atoms with Gasteiger partial charge >= 0.3 is 11.9 Å². The van der Waals surface area contributed by atoms with E-state index < -0.39 is 72.1 Å². The lowest BCUT2D eigenvalue weighted by Gasteiger charge is -2.26. The van der Waals surface area contributed by atoms with Gasteiger partial charge in [-0.15, -0.1) is 0 Å². The summed E-state index contributed by atoms with van der Waals surface area (Å²) in [6, 6.07) is -5.14. The molecule has 0 bridgehead atoms. The summed E-state index contributed by atoms with van der Waals surface area (Å²) in [5.41, 5.74) is 16.1. The number of primary amides is 1. The van der Waals surface area contributed by atoms with Crippen molar-refractivity contribution in [1.82, 2.24) is 16.0 Å². The highest BCUT2D eigenvalue weighted by Gasteiger charge is 2.31. The zero-order chi connectivity index (χ0) is 26.4. The molecule has 0 fully saturated rings. The number of aliphatic carboxylic acids is 2. The van der Waals surface area contributed by atoms with Gasteiger partial charge in [-0.25, -0.2) is 4.79 Å². The highest BCUT2D eigenvalue weighted by Crippen LogP contribution is 2.07. The molecule has 14 heteroatoms. The maximum atomic E-state index is 12.9. The quantitative estimate of drug-likeness (QED) is 0.0988. The number of carboxylic acid groups (broad SMARTS) is 2. The summed E-state index contributed by atoms with van der Waals surface area (Å²) in [7, 11) is 0. The lowest BCUT2D eigenvalue weighted by molar-refractivity contribution is -0.143. The van der Waals surface area contributed by atoms with Gasteiger partial charge in [0.25, 0.3) is 0 Å². The van der Waals surface area contributed by atoms with Crippen LogP contribution in [0.4, 0.5) is 0 Å². The summed E-state index contributed by atoms with van der Waals surface area (Å²) in [6.45, 7) is 3.50. The Morgan fingerprint density at radius 1 is 0.824 bits per heavy atom. The molecule has 0 heterocycles. The van der Waals surface area contributed by atoms with Crippen LogP contribution in [0.3, 0.4) is 0 Å². The van der Waals surface area contributed by atoms with Crippen LogP contribution in [0, 0.1) is 5.92 Å². The van der Waals surface area contributed by atoms with E-state index in [1.807, 2.05) is 0 Å². The molecule has 4 atom stereocenters. The first kappa shape index (κ1) is 30.7. The van der Waals surface area contributed by atoms with Gasteiger partial charge in [0.1, 0.15) is 18.1 Å². The van der Waals surface area contributed by atoms with Gasteiger partial charge in [0.2, 0.25) is 23.6 Å². The molecule has 0 spiro atoms. The summed E-state index contributed by atoms with van der Waals surface area (Å²) in [4.78, 5) is 71.3. The monoisotopic (exact) mass is 488 g/mol. The van der Waals surface area contributed by atoms with Crippen LogP contribution in [0.2, 0.25) is 0 Å². The third-order valence-corrected chi connectivity index (χ3v) is 4.85. The molecule has 14 nitrogen and oxygen atoms in total. The Morgan fingerprint density at radius 3 is 1.82 bits per heavy atom. The first-order valence-electron chi connectivity index (χ1n) is 10.9. The van der Waals surface area contributed by atoms with Crippen LogP contribution >= 0.6 is 0 Å². The van der Waals surface area contributed by atoms with Crippen molar-refractivity contribution in [2.24, 2.45) is 23.1 Å². The lowest BCUT2D eigenvalue weighted by atomic mass is 10.0. The van der Waals surface area contributed by atoms with E-state index in [2.05, 4.69) is 16.0 Å². The normalized spacial score (nSPS) is 14.4. The maximum Gasteiger partial charge on any atom is 0.326 e. The second-order valence-corrected chi connectivity index (χ2v) is 8.18. The van der Waals surface area contributed by atoms with Crippen LogP contribution in [-0.4, -0.2) is 76.5 Å². The number of nitrogens with two attached hydrogens (primary N) is 3. The average Bonchev–Trinajstić information content (AvgIpc) is 2.72. The Labute approximate surface area is 197 Å². The Kier molecular flexibility index (Phi) is 14.1. The minimum atomic E-state index is -1.40. The van der Waals surface area contributed by atoms with E-state index in [0.29, 0.717) is 19.4 Å². The van der Waals surface area contributed by atoms with E-state index in [4.69, 9.17) is 22.3 Å². The Bertz CT molecular complexity index is 745. The van der Waals surface area contributed by atoms with Crippen molar-refractivity contribution < 1.29 is 39.0 Å². The fourth-order valence-corrected chi connectivity index (χ4v) is 2.92. The van der Waals surface area contributed by atoms with Crippen LogP contribution in [-0.2, 0) is 28.8 Å². The predicted octanol–water partition coefficient (Wildman–Crippen LogP) is -2.62. The Morgan fingerprint density at radius 2 is 1.35 bits per heavy atom. The molecule has 0 aliphatic heterocycles. The fourth-order valence-electron chi connectivity index (χ4n) is 2.92. The second kappa shape index (κ2) is 15.6. The van der Waals surface area contributed by atoms with Crippen LogP contribution in [0.25, 0.3) is 0 Å². The highest BCUT2D eigenvalue weighted by molar-refractivity contribution is 5.95. The number of carboxylic acids is 2. The van der Waals surface area contributed by atoms with Gasteiger partial charge < -0.3 is 43.4 Å². The van der Waals surface area contributed by atoms with Crippen molar-refractivity contribution in [3.8, 4) is 0 Å². The number of carbonyl (C=O) groups is 6. The molecule has 0 aliphatic rings. The number of hydrogen-bond acceptors (Lipinski definition) is 8. The molecule has 0 aromatic heterocycles. The van der Waals surface area contributed by atoms with E-state index >= 15 is 0 Å². The first-order chi connectivity index (χ1) is 15.8. The van der Waals surface area contributed by atoms with Gasteiger partial charge in [-0.3, -0.25) is 24.0 Å². The zero-order valence-corrected chi connectivity index (χ0v) is 19.4. The molecule has 0 saturated carbocycles. The van der Waals surface area contributed by atoms with Gasteiger partial charge in [0.05, 0.1) is 12.5 Å². The van der Waals surface area contributed by atoms with E-state index in [1.165, 1.54) is 0 Å². The summed E-state index contributed by atoms with van der Waals surface area (Å²) < 4.78 is 0. The molecule has 0 aliphatic carbocycles. The van der Waals surface area contributed by atoms with E-state index in [0.717, 1.165) is 0 Å². The molecular weight excluding hydrogens is 452 g/mol. The largest absolute Gasteiger partial charge is 0.481 e. The molecule has 4 amide bonds. The molecule has 0 radical (unpaired) electrons. The van der Waals surface area contributed by atoms with E-state index in [9.17, 15) is 33.9 Å². The summed E-state index contributed by atoms with van der Waals surface area (Å²) in [5.74, 6) is -6.29. The number of unbranched alkanes of at least 4 members (excludes halogenated alkanes) is 1. The molecule has 34 heavy (non-hydrogen) atoms. The predicted molar refractivity (Wildman–Crippen MR) is 120 cm³/mol. The highest BCUT2D eigenvalue weighted by atomic mass is 16.4. The molecule has 11 N–H and O–H groups in total. The van der Waals surface area contributed by atoms with Gasteiger partial charge in [-0.2, -0.15) is 0 Å². The van der Waals surface area contributed by atoms with Gasteiger partial charge in [-0.1, -0.05) is 13.8 Å². The van der Waals surface area contributed by atoms with Crippen LogP contribution in [0.5, 0.6) is 0 Å². The lowest BCUT2D eigenvalue weighted by Crippen LogP contribution is -2.57. The van der Waals surface area contributed by atoms with E-state index in [1.54, 1.807) is 13.8 Å². The van der Waals surface area contributed by atoms with E-state index in [-0.39, 0.29) is 19.3 Å². The maximum absolute atomic E-state index is 12.9. The first-order valence-corrected chi connectivity index (χ1v) is 10.9. The summed E-state index contributed by atoms with van der Waals surface area (Å²) in [6.07, 6.45) is -0.0671. The number of hydrogen-bond donors (Lipinski definition) is 8. The van der Waals surface area contributed by atoms with Crippen molar-refractivity contribution >= 4 is 35.6 Å². The molecule has 0 rings (SSSR count). The standard InChI is InChI=1S/C20H36N6O8/c1-10(2)16(20(33)34)26-19(32)13(6-7-14(23)27)25-18(31)12(5-3-4-8-21)24-17(30)11(22)9-15(28)29/h10-13,16H,3-9,21-22H2,1-2H3,(H2,23,27)(H,24,30)(H,25,31)(H,26,32)(H,28,29)(H,33,34). The summed E-state index contributed by atoms with van der Waals surface area (Å²) >= 11 is 0. The third-order valence-electron chi connectivity index (χ3n) is 4.85. The molecular formula is C20H36N6O8. The number of rotatable bonds is 17. The van der Waals surface area contributed by atoms with Crippen LogP contribution in [0.15, 0.2) is 0 Å². The number of nitrogens with one attached hydrogen (secondary N) is 3. The molecule has 194 valence electrons. The fraction of sp³-hybridized carbons (Fsp3) is 0.700. The molecule has 0 aromatic rings. The molecule has 0 aromatic carbocycles. The van der Waals surface area contributed by atoms with Crippen molar-refractivity contribution in [3.63, 3.8) is 0 Å². The Hall–Kier alpha value is -3.26. The van der Waals surface area contributed by atoms with Gasteiger partial charge in [0.15, 0.2) is 0 Å². The van der Waals surface area contributed by atoms with Gasteiger partial charge in [0, 0.05) is 6.42 Å². The third kappa shape index (κ3) is 12.1.